The molecule has 0 saturated carbocycles. The molecule has 46 heavy (non-hydrogen) atoms. The molecule has 1 aromatic heterocycles. The number of nitrogens with zero attached hydrogens (tertiary/aromatic N) is 1. The van der Waals surface area contributed by atoms with Crippen molar-refractivity contribution in [3.05, 3.63) is 164 Å². The molecule has 10 rings (SSSR count). The first-order valence-electron chi connectivity index (χ1n) is 15.8. The molecular formula is C44H27NO. The molecule has 1 aliphatic rings. The van der Waals surface area contributed by atoms with E-state index in [1.165, 1.54) is 76.9 Å². The van der Waals surface area contributed by atoms with Crippen LogP contribution in [0.4, 0.5) is 0 Å². The van der Waals surface area contributed by atoms with E-state index in [1.807, 2.05) is 12.1 Å². The summed E-state index contributed by atoms with van der Waals surface area (Å²) in [5.41, 5.74) is 10.8. The highest BCUT2D eigenvalue weighted by Crippen LogP contribution is 2.48. The van der Waals surface area contributed by atoms with Crippen molar-refractivity contribution in [3.8, 4) is 50.6 Å². The Morgan fingerprint density at radius 3 is 2.09 bits per heavy atom. The third-order valence-corrected chi connectivity index (χ3v) is 9.57. The summed E-state index contributed by atoms with van der Waals surface area (Å²) < 4.78 is 8.74. The number of hydrogen-bond acceptors (Lipinski definition) is 1. The summed E-state index contributed by atoms with van der Waals surface area (Å²) in [5.74, 6) is 1.83. The number of benzene rings is 8. The van der Waals surface area contributed by atoms with Crippen LogP contribution in [0.3, 0.4) is 0 Å². The van der Waals surface area contributed by atoms with Gasteiger partial charge in [0.15, 0.2) is 0 Å². The normalized spacial score (nSPS) is 12.1. The number of rotatable bonds is 3. The number of fused-ring (bicyclic) bond motifs is 7. The predicted molar refractivity (Wildman–Crippen MR) is 192 cm³/mol. The Balaban J connectivity index is 1.12. The molecule has 2 heterocycles. The van der Waals surface area contributed by atoms with Crippen LogP contribution in [-0.2, 0) is 0 Å². The molecule has 0 amide bonds. The van der Waals surface area contributed by atoms with Crippen molar-refractivity contribution in [2.75, 3.05) is 0 Å². The maximum Gasteiger partial charge on any atom is 0.135 e. The lowest BCUT2D eigenvalue weighted by Crippen LogP contribution is -1.97. The minimum atomic E-state index is 0.912. The highest BCUT2D eigenvalue weighted by atomic mass is 16.5. The average molecular weight is 586 g/mol. The Morgan fingerprint density at radius 2 is 1.13 bits per heavy atom. The minimum Gasteiger partial charge on any atom is -0.456 e. The van der Waals surface area contributed by atoms with Gasteiger partial charge in [0.1, 0.15) is 11.5 Å². The number of ether oxygens (including phenoxy) is 1. The van der Waals surface area contributed by atoms with Gasteiger partial charge in [-0.05, 0) is 92.5 Å². The van der Waals surface area contributed by atoms with E-state index in [0.717, 1.165) is 17.1 Å². The summed E-state index contributed by atoms with van der Waals surface area (Å²) in [6, 6.07) is 59.0. The highest BCUT2D eigenvalue weighted by molar-refractivity contribution is 6.21. The van der Waals surface area contributed by atoms with Crippen molar-refractivity contribution in [3.63, 3.8) is 0 Å². The maximum atomic E-state index is 6.36. The molecule has 0 radical (unpaired) electrons. The molecule has 0 N–H and O–H groups in total. The van der Waals surface area contributed by atoms with Crippen LogP contribution in [0.15, 0.2) is 164 Å². The van der Waals surface area contributed by atoms with Gasteiger partial charge in [-0.2, -0.15) is 0 Å². The van der Waals surface area contributed by atoms with Crippen LogP contribution in [0.2, 0.25) is 0 Å². The first-order valence-corrected chi connectivity index (χ1v) is 15.8. The Bertz CT molecular complexity index is 2660. The second kappa shape index (κ2) is 9.69. The van der Waals surface area contributed by atoms with Gasteiger partial charge in [0.2, 0.25) is 0 Å². The largest absolute Gasteiger partial charge is 0.456 e. The molecule has 0 spiro atoms. The second-order valence-electron chi connectivity index (χ2n) is 12.1. The van der Waals surface area contributed by atoms with E-state index in [9.17, 15) is 0 Å². The zero-order valence-electron chi connectivity index (χ0n) is 24.9. The van der Waals surface area contributed by atoms with Crippen LogP contribution < -0.4 is 4.74 Å². The molecule has 8 aromatic carbocycles. The van der Waals surface area contributed by atoms with Crippen molar-refractivity contribution < 1.29 is 4.74 Å². The van der Waals surface area contributed by atoms with Gasteiger partial charge < -0.3 is 9.30 Å². The maximum absolute atomic E-state index is 6.36. The first kappa shape index (κ1) is 25.2. The van der Waals surface area contributed by atoms with Gasteiger partial charge in [-0.15, -0.1) is 0 Å². The van der Waals surface area contributed by atoms with E-state index in [-0.39, 0.29) is 0 Å². The summed E-state index contributed by atoms with van der Waals surface area (Å²) in [6.45, 7) is 0. The lowest BCUT2D eigenvalue weighted by Gasteiger charge is -2.22. The summed E-state index contributed by atoms with van der Waals surface area (Å²) >= 11 is 0. The summed E-state index contributed by atoms with van der Waals surface area (Å²) in [5, 5.41) is 7.46. The predicted octanol–water partition coefficient (Wildman–Crippen LogP) is 12.2. The smallest absolute Gasteiger partial charge is 0.135 e. The topological polar surface area (TPSA) is 14.2 Å². The monoisotopic (exact) mass is 585 g/mol. The summed E-state index contributed by atoms with van der Waals surface area (Å²) in [7, 11) is 0. The molecule has 0 unspecified atom stereocenters. The fourth-order valence-electron chi connectivity index (χ4n) is 7.53. The fourth-order valence-corrected chi connectivity index (χ4v) is 7.53. The van der Waals surface area contributed by atoms with Crippen LogP contribution >= 0.6 is 0 Å². The molecule has 0 aliphatic carbocycles. The SMILES string of the molecule is c1ccc(-n2c3ccccc3c3c4ccc(-c5cccc(-c6ccc7c8c(cccc68)-c6ccccc6O7)c5)cc4ccc32)cc1. The Labute approximate surface area is 266 Å². The average Bonchev–Trinajstić information content (AvgIpc) is 3.47. The Morgan fingerprint density at radius 1 is 0.370 bits per heavy atom. The first-order chi connectivity index (χ1) is 22.8. The summed E-state index contributed by atoms with van der Waals surface area (Å²) in [6.07, 6.45) is 0. The van der Waals surface area contributed by atoms with Gasteiger partial charge in [0, 0.05) is 27.4 Å². The van der Waals surface area contributed by atoms with Crippen LogP contribution in [0.5, 0.6) is 11.5 Å². The second-order valence-corrected chi connectivity index (χ2v) is 12.1. The highest BCUT2D eigenvalue weighted by Gasteiger charge is 2.21. The van der Waals surface area contributed by atoms with Crippen LogP contribution in [-0.4, -0.2) is 4.57 Å². The lowest BCUT2D eigenvalue weighted by atomic mass is 9.89. The molecule has 0 fully saturated rings. The molecule has 2 nitrogen and oxygen atoms in total. The van der Waals surface area contributed by atoms with Gasteiger partial charge in [-0.25, -0.2) is 0 Å². The van der Waals surface area contributed by atoms with Crippen LogP contribution in [0.1, 0.15) is 0 Å². The lowest BCUT2D eigenvalue weighted by molar-refractivity contribution is 0.487. The molecule has 1 aliphatic heterocycles. The van der Waals surface area contributed by atoms with Crippen molar-refractivity contribution in [1.82, 2.24) is 4.57 Å². The van der Waals surface area contributed by atoms with E-state index in [4.69, 9.17) is 4.74 Å². The molecule has 9 aromatic rings. The van der Waals surface area contributed by atoms with Gasteiger partial charge in [0.25, 0.3) is 0 Å². The van der Waals surface area contributed by atoms with Crippen LogP contribution in [0, 0.1) is 0 Å². The molecule has 0 bridgehead atoms. The Hall–Kier alpha value is -6.12. The standard InChI is InChI=1S/C44H27NO/c1-2-12-32(13-3-1)45-39-18-6-4-15-38(39)43-34-22-20-29(27-31(34)21-24-40(43)45)28-10-8-11-30(26-28)33-23-25-42-44-36(33)16-9-17-37(44)35-14-5-7-19-41(35)46-42/h1-27H. The minimum absolute atomic E-state index is 0.912. The fraction of sp³-hybridized carbons (Fsp3) is 0. The zero-order valence-corrected chi connectivity index (χ0v) is 24.9. The van der Waals surface area contributed by atoms with Gasteiger partial charge in [0.05, 0.1) is 11.0 Å². The van der Waals surface area contributed by atoms with Crippen molar-refractivity contribution in [2.45, 2.75) is 0 Å². The van der Waals surface area contributed by atoms with E-state index in [2.05, 4.69) is 156 Å². The quantitative estimate of drug-likeness (QED) is 0.201. The third kappa shape index (κ3) is 3.65. The van der Waals surface area contributed by atoms with E-state index in [0.29, 0.717) is 0 Å². The Kier molecular flexibility index (Phi) is 5.31. The van der Waals surface area contributed by atoms with Gasteiger partial charge in [-0.1, -0.05) is 115 Å². The van der Waals surface area contributed by atoms with Crippen LogP contribution in [0.25, 0.3) is 82.4 Å². The molecule has 0 saturated heterocycles. The number of hydrogen-bond donors (Lipinski definition) is 0. The molecule has 214 valence electrons. The van der Waals surface area contributed by atoms with E-state index >= 15 is 0 Å². The summed E-state index contributed by atoms with van der Waals surface area (Å²) in [4.78, 5) is 0. The molecule has 2 heteroatoms. The van der Waals surface area contributed by atoms with Gasteiger partial charge in [-0.3, -0.25) is 0 Å². The number of aromatic nitrogens is 1. The molecule has 0 atom stereocenters. The van der Waals surface area contributed by atoms with E-state index < -0.39 is 0 Å². The third-order valence-electron chi connectivity index (χ3n) is 9.57. The number of para-hydroxylation sites is 3. The van der Waals surface area contributed by atoms with Crippen molar-refractivity contribution >= 4 is 43.4 Å². The van der Waals surface area contributed by atoms with E-state index in [1.54, 1.807) is 0 Å². The zero-order chi connectivity index (χ0) is 30.2. The van der Waals surface area contributed by atoms with Crippen molar-refractivity contribution in [1.29, 1.82) is 0 Å². The van der Waals surface area contributed by atoms with Crippen molar-refractivity contribution in [2.24, 2.45) is 0 Å². The molecular weight excluding hydrogens is 558 g/mol. The van der Waals surface area contributed by atoms with Gasteiger partial charge >= 0.3 is 0 Å².